The molecule has 4 saturated carbocycles. The molecule has 17 nitrogen and oxygen atoms in total. The molecular weight excluding hydrogens is 784 g/mol. The van der Waals surface area contributed by atoms with Crippen LogP contribution in [0.25, 0.3) is 0 Å². The van der Waals surface area contributed by atoms with Gasteiger partial charge in [0, 0.05) is 19.4 Å². The Bertz CT molecular complexity index is 1490. The topological polar surface area (TPSA) is 272 Å². The van der Waals surface area contributed by atoms with E-state index < -0.39 is 113 Å². The largest absolute Gasteiger partial charge is 0.397 e. The predicted molar refractivity (Wildman–Crippen MR) is 204 cm³/mol. The van der Waals surface area contributed by atoms with E-state index >= 15 is 0 Å². The lowest BCUT2D eigenvalue weighted by atomic mass is 9.42. The van der Waals surface area contributed by atoms with Crippen LogP contribution in [0.2, 0.25) is 0 Å². The highest BCUT2D eigenvalue weighted by molar-refractivity contribution is 7.80. The first-order valence-corrected chi connectivity index (χ1v) is 22.6. The minimum Gasteiger partial charge on any atom is -0.393 e. The molecule has 6 unspecified atom stereocenters. The summed E-state index contributed by atoms with van der Waals surface area (Å²) >= 11 is 0. The summed E-state index contributed by atoms with van der Waals surface area (Å²) in [4.78, 5) is 0. The Morgan fingerprint density at radius 2 is 1.47 bits per heavy atom. The predicted octanol–water partition coefficient (Wildman–Crippen LogP) is 0.512. The molecule has 0 aromatic rings. The monoisotopic (exact) mass is 854 g/mol. The molecule has 6 aliphatic rings. The SMILES string of the molecule is CCC(CC[C@@H](C)[C@H]1[C@@H](O)[C@@H](O)[C@@H]2[C@]1(C)CC[C@@H]1[C@@]3(C)CC[C@H](O)C[C@@H]3[C@@H](O)C[C@]12O)C(C)CO[C@@H]1OC[C@@H](O)C(OS(=O)(=O)O)C1O[C@@H]1OC[C@@H](O)C(O)C1OC. The maximum Gasteiger partial charge on any atom is 0.397 e. The van der Waals surface area contributed by atoms with Gasteiger partial charge in [0.25, 0.3) is 0 Å². The van der Waals surface area contributed by atoms with E-state index in [2.05, 4.69) is 27.7 Å². The lowest BCUT2D eigenvalue weighted by molar-refractivity contribution is -0.344. The van der Waals surface area contributed by atoms with Gasteiger partial charge in [-0.25, -0.2) is 4.18 Å². The van der Waals surface area contributed by atoms with Crippen LogP contribution in [0.15, 0.2) is 0 Å². The van der Waals surface area contributed by atoms with Crippen molar-refractivity contribution < 1.29 is 81.7 Å². The highest BCUT2D eigenvalue weighted by Gasteiger charge is 2.72. The first-order chi connectivity index (χ1) is 27.1. The lowest BCUT2D eigenvalue weighted by Crippen LogP contribution is -2.68. The highest BCUT2D eigenvalue weighted by Crippen LogP contribution is 2.70. The van der Waals surface area contributed by atoms with Crippen LogP contribution in [0.4, 0.5) is 0 Å². The third kappa shape index (κ3) is 8.67. The van der Waals surface area contributed by atoms with E-state index in [0.29, 0.717) is 38.5 Å². The van der Waals surface area contributed by atoms with Gasteiger partial charge in [-0.1, -0.05) is 47.5 Å². The summed E-state index contributed by atoms with van der Waals surface area (Å²) in [6.45, 7) is 9.70. The molecule has 0 radical (unpaired) electrons. The van der Waals surface area contributed by atoms with Gasteiger partial charge in [-0.2, -0.15) is 8.42 Å². The van der Waals surface area contributed by atoms with Crippen molar-refractivity contribution in [3.05, 3.63) is 0 Å². The summed E-state index contributed by atoms with van der Waals surface area (Å²) in [6, 6.07) is 0. The van der Waals surface area contributed by atoms with Crippen LogP contribution in [0.3, 0.4) is 0 Å². The fourth-order valence-corrected chi connectivity index (χ4v) is 13.6. The summed E-state index contributed by atoms with van der Waals surface area (Å²) in [7, 11) is -3.83. The molecule has 6 fully saturated rings. The zero-order valence-corrected chi connectivity index (χ0v) is 35.5. The van der Waals surface area contributed by atoms with Crippen LogP contribution in [0, 0.1) is 52.3 Å². The molecule has 0 bridgehead atoms. The number of aliphatic hydroxyl groups is 8. The standard InChI is InChI=1S/C40H70O17S/c1-7-21(20(3)16-53-36-34(32(26(44)18-54-36)57-58(49,50)51)56-37-33(52-6)29(45)25(43)17-55-37)9-8-19(2)28-30(46)31(47)35-39(28,5)13-11-27-38(4)12-10-22(41)14-23(38)24(42)15-40(27,35)48/h19-37,41-48H,7-18H2,1-6H3,(H,49,50,51)/t19-,20?,21?,22+,23-,24+,25-,26-,27-,28+,29?,30-,31-,32?,33?,34?,35-,36-,37+,38+,39-,40+/m1/s1. The first kappa shape index (κ1) is 46.8. The molecular formula is C40H70O17S. The van der Waals surface area contributed by atoms with Crippen LogP contribution in [-0.4, -0.2) is 160 Å². The summed E-state index contributed by atoms with van der Waals surface area (Å²) in [5.74, 6) is -1.27. The number of hydrogen-bond acceptors (Lipinski definition) is 16. The van der Waals surface area contributed by atoms with Gasteiger partial charge < -0.3 is 64.5 Å². The van der Waals surface area contributed by atoms with Crippen molar-refractivity contribution in [1.29, 1.82) is 0 Å². The van der Waals surface area contributed by atoms with Gasteiger partial charge in [0.1, 0.15) is 36.6 Å². The fourth-order valence-electron chi connectivity index (χ4n) is 13.0. The molecule has 9 N–H and O–H groups in total. The average Bonchev–Trinajstić information content (AvgIpc) is 3.35. The molecule has 2 aliphatic heterocycles. The van der Waals surface area contributed by atoms with E-state index in [1.807, 2.05) is 6.92 Å². The second-order valence-corrected chi connectivity index (χ2v) is 20.3. The Labute approximate surface area is 342 Å². The van der Waals surface area contributed by atoms with Crippen molar-refractivity contribution in [2.75, 3.05) is 26.9 Å². The third-order valence-corrected chi connectivity index (χ3v) is 16.4. The number of fused-ring (bicyclic) bond motifs is 5. The van der Waals surface area contributed by atoms with Crippen molar-refractivity contribution in [3.63, 3.8) is 0 Å². The molecule has 22 atom stereocenters. The summed E-state index contributed by atoms with van der Waals surface area (Å²) in [6.07, 6.45) is -9.37. The molecule has 338 valence electrons. The van der Waals surface area contributed by atoms with Crippen molar-refractivity contribution in [1.82, 2.24) is 0 Å². The van der Waals surface area contributed by atoms with E-state index in [1.165, 1.54) is 7.11 Å². The Morgan fingerprint density at radius 3 is 2.12 bits per heavy atom. The van der Waals surface area contributed by atoms with E-state index in [0.717, 1.165) is 12.8 Å². The fraction of sp³-hybridized carbons (Fsp3) is 1.00. The van der Waals surface area contributed by atoms with E-state index in [1.54, 1.807) is 0 Å². The maximum absolute atomic E-state index is 12.7. The van der Waals surface area contributed by atoms with Crippen LogP contribution < -0.4 is 0 Å². The molecule has 4 aliphatic carbocycles. The van der Waals surface area contributed by atoms with Crippen LogP contribution in [0.1, 0.15) is 92.4 Å². The summed E-state index contributed by atoms with van der Waals surface area (Å²) in [5.41, 5.74) is -2.35. The second-order valence-electron chi connectivity index (χ2n) is 19.2. The zero-order valence-electron chi connectivity index (χ0n) is 34.7. The van der Waals surface area contributed by atoms with Crippen LogP contribution in [0.5, 0.6) is 0 Å². The van der Waals surface area contributed by atoms with Gasteiger partial charge in [-0.3, -0.25) is 4.55 Å². The molecule has 0 aromatic carbocycles. The van der Waals surface area contributed by atoms with Gasteiger partial charge in [0.2, 0.25) is 0 Å². The molecule has 58 heavy (non-hydrogen) atoms. The van der Waals surface area contributed by atoms with Gasteiger partial charge in [0.05, 0.1) is 49.8 Å². The molecule has 2 saturated heterocycles. The van der Waals surface area contributed by atoms with E-state index in [4.69, 9.17) is 27.9 Å². The third-order valence-electron chi connectivity index (χ3n) is 15.9. The average molecular weight is 855 g/mol. The molecule has 6 rings (SSSR count). The molecule has 0 amide bonds. The van der Waals surface area contributed by atoms with Gasteiger partial charge >= 0.3 is 10.4 Å². The smallest absolute Gasteiger partial charge is 0.393 e. The van der Waals surface area contributed by atoms with Crippen molar-refractivity contribution in [3.8, 4) is 0 Å². The molecule has 18 heteroatoms. The van der Waals surface area contributed by atoms with E-state index in [-0.39, 0.29) is 55.1 Å². The lowest BCUT2D eigenvalue weighted by Gasteiger charge is -2.65. The number of aliphatic hydroxyl groups excluding tert-OH is 7. The minimum atomic E-state index is -5.08. The number of methoxy groups -OCH3 is 1. The maximum atomic E-state index is 12.7. The van der Waals surface area contributed by atoms with Crippen molar-refractivity contribution in [2.45, 2.75) is 172 Å². The van der Waals surface area contributed by atoms with Crippen molar-refractivity contribution in [2.24, 2.45) is 52.3 Å². The Hall–Kier alpha value is -0.650. The minimum absolute atomic E-state index is 0.0407. The number of rotatable bonds is 14. The number of hydrogen-bond donors (Lipinski definition) is 9. The molecule has 2 heterocycles. The van der Waals surface area contributed by atoms with Crippen molar-refractivity contribution >= 4 is 10.4 Å². The Morgan fingerprint density at radius 1 is 0.810 bits per heavy atom. The van der Waals surface area contributed by atoms with Gasteiger partial charge in [-0.15, -0.1) is 0 Å². The Kier molecular flexibility index (Phi) is 14.4. The first-order valence-electron chi connectivity index (χ1n) is 21.3. The zero-order chi connectivity index (χ0) is 42.7. The summed E-state index contributed by atoms with van der Waals surface area (Å²) < 4.78 is 66.7. The normalized spacial score (nSPS) is 50.0. The van der Waals surface area contributed by atoms with E-state index in [9.17, 15) is 53.8 Å². The summed E-state index contributed by atoms with van der Waals surface area (Å²) in [5, 5.41) is 89.4. The molecule has 0 aromatic heterocycles. The second kappa shape index (κ2) is 17.8. The quantitative estimate of drug-likeness (QED) is 0.108. The number of ether oxygens (including phenoxy) is 5. The van der Waals surface area contributed by atoms with Gasteiger partial charge in [0.15, 0.2) is 12.6 Å². The Balaban J connectivity index is 1.12. The van der Waals surface area contributed by atoms with Crippen LogP contribution in [-0.2, 0) is 38.3 Å². The van der Waals surface area contributed by atoms with Crippen LogP contribution >= 0.6 is 0 Å². The van der Waals surface area contributed by atoms with Gasteiger partial charge in [-0.05, 0) is 84.9 Å². The highest BCUT2D eigenvalue weighted by atomic mass is 32.3. The molecule has 0 spiro atoms.